The normalized spacial score (nSPS) is 15.1. The van der Waals surface area contributed by atoms with Crippen molar-refractivity contribution in [3.63, 3.8) is 0 Å². The number of fused-ring (bicyclic) bond motifs is 3. The molecule has 31 heavy (non-hydrogen) atoms. The molecule has 0 amide bonds. The second-order valence-corrected chi connectivity index (χ2v) is 7.75. The van der Waals surface area contributed by atoms with E-state index in [1.165, 1.54) is 0 Å². The molecular weight excluding hydrogens is 396 g/mol. The van der Waals surface area contributed by atoms with Gasteiger partial charge in [0.15, 0.2) is 5.82 Å². The molecule has 0 bridgehead atoms. The number of piperazine rings is 1. The Morgan fingerprint density at radius 1 is 1.23 bits per heavy atom. The van der Waals surface area contributed by atoms with Crippen LogP contribution in [0.3, 0.4) is 0 Å². The number of H-pyrrole nitrogens is 1. The number of nitrogens with one attached hydrogen (secondary N) is 2. The zero-order valence-corrected chi connectivity index (χ0v) is 17.5. The van der Waals surface area contributed by atoms with Crippen LogP contribution in [-0.2, 0) is 11.8 Å². The first-order chi connectivity index (χ1) is 15.0. The topological polar surface area (TPSA) is 115 Å². The lowest BCUT2D eigenvalue weighted by Gasteiger charge is -2.34. The average Bonchev–Trinajstić information content (AvgIpc) is 3.37. The minimum absolute atomic E-state index is 0.0838. The molecule has 1 aliphatic rings. The molecule has 3 N–H and O–H groups in total. The number of rotatable bonds is 5. The van der Waals surface area contributed by atoms with Gasteiger partial charge in [0, 0.05) is 45.7 Å². The summed E-state index contributed by atoms with van der Waals surface area (Å²) >= 11 is 0. The summed E-state index contributed by atoms with van der Waals surface area (Å²) in [7, 11) is 3.82. The van der Waals surface area contributed by atoms with Gasteiger partial charge in [-0.05, 0) is 18.2 Å². The van der Waals surface area contributed by atoms with Gasteiger partial charge in [0.2, 0.25) is 0 Å². The molecule has 0 aliphatic carbocycles. The van der Waals surface area contributed by atoms with E-state index in [1.54, 1.807) is 6.33 Å². The molecule has 1 aliphatic heterocycles. The Bertz CT molecular complexity index is 1270. The molecule has 0 saturated carbocycles. The Balaban J connectivity index is 1.47. The molecule has 4 aromatic heterocycles. The summed E-state index contributed by atoms with van der Waals surface area (Å²) in [6.07, 6.45) is 1.79. The van der Waals surface area contributed by atoms with Crippen molar-refractivity contribution in [2.24, 2.45) is 7.05 Å². The Morgan fingerprint density at radius 3 is 2.77 bits per heavy atom. The number of pyridine rings is 2. The third kappa shape index (κ3) is 3.44. The molecule has 160 valence electrons. The number of carboxylic acids is 1. The molecule has 10 heteroatoms. The van der Waals surface area contributed by atoms with E-state index in [0.717, 1.165) is 58.2 Å². The number of carbonyl (C=O) groups is 1. The molecule has 0 radical (unpaired) electrons. The molecule has 1 fully saturated rings. The van der Waals surface area contributed by atoms with E-state index in [2.05, 4.69) is 26.3 Å². The van der Waals surface area contributed by atoms with Crippen molar-refractivity contribution in [3.8, 4) is 11.4 Å². The molecule has 0 atom stereocenters. The summed E-state index contributed by atoms with van der Waals surface area (Å²) in [6.45, 7) is 3.00. The van der Waals surface area contributed by atoms with Crippen molar-refractivity contribution in [2.75, 3.05) is 50.0 Å². The van der Waals surface area contributed by atoms with Crippen molar-refractivity contribution in [1.29, 1.82) is 0 Å². The molecule has 0 unspecified atom stereocenters. The molecule has 5 heterocycles. The lowest BCUT2D eigenvalue weighted by Crippen LogP contribution is -2.48. The second-order valence-electron chi connectivity index (χ2n) is 7.75. The van der Waals surface area contributed by atoms with Crippen molar-refractivity contribution in [2.45, 2.75) is 0 Å². The maximum Gasteiger partial charge on any atom is 0.317 e. The van der Waals surface area contributed by atoms with E-state index in [1.807, 2.05) is 41.8 Å². The predicted molar refractivity (Wildman–Crippen MR) is 119 cm³/mol. The molecular formula is C21H24N8O2. The molecule has 0 aromatic carbocycles. The molecule has 0 spiro atoms. The SMILES string of the molecule is CNc1nc2[nH]c(-c3cccc(N4CCN(CC(=O)O)CC4)n3)cc2c2c1ncn2C. The van der Waals surface area contributed by atoms with Crippen LogP contribution in [0.15, 0.2) is 30.6 Å². The van der Waals surface area contributed by atoms with Crippen molar-refractivity contribution >= 4 is 39.7 Å². The third-order valence-electron chi connectivity index (χ3n) is 5.74. The van der Waals surface area contributed by atoms with Gasteiger partial charge in [0.1, 0.15) is 17.0 Å². The fraction of sp³-hybridized carbons (Fsp3) is 0.333. The molecule has 4 aromatic rings. The maximum absolute atomic E-state index is 10.9. The monoisotopic (exact) mass is 420 g/mol. The lowest BCUT2D eigenvalue weighted by molar-refractivity contribution is -0.138. The van der Waals surface area contributed by atoms with Crippen LogP contribution < -0.4 is 10.2 Å². The first-order valence-electron chi connectivity index (χ1n) is 10.2. The summed E-state index contributed by atoms with van der Waals surface area (Å²) in [4.78, 5) is 32.5. The van der Waals surface area contributed by atoms with Gasteiger partial charge in [-0.1, -0.05) is 6.07 Å². The summed E-state index contributed by atoms with van der Waals surface area (Å²) in [6, 6.07) is 8.05. The summed E-state index contributed by atoms with van der Waals surface area (Å²) in [5, 5.41) is 13.1. The van der Waals surface area contributed by atoms with Crippen LogP contribution in [0, 0.1) is 0 Å². The number of imidazole rings is 1. The highest BCUT2D eigenvalue weighted by atomic mass is 16.4. The highest BCUT2D eigenvalue weighted by molar-refractivity contribution is 6.07. The highest BCUT2D eigenvalue weighted by Crippen LogP contribution is 2.31. The van der Waals surface area contributed by atoms with E-state index in [-0.39, 0.29) is 6.54 Å². The van der Waals surface area contributed by atoms with Crippen molar-refractivity contribution in [1.82, 2.24) is 29.4 Å². The summed E-state index contributed by atoms with van der Waals surface area (Å²) < 4.78 is 2.00. The van der Waals surface area contributed by atoms with Crippen LogP contribution >= 0.6 is 0 Å². The fourth-order valence-corrected chi connectivity index (χ4v) is 4.19. The van der Waals surface area contributed by atoms with Crippen molar-refractivity contribution < 1.29 is 9.90 Å². The van der Waals surface area contributed by atoms with Crippen LogP contribution in [0.1, 0.15) is 0 Å². The minimum atomic E-state index is -0.787. The smallest absolute Gasteiger partial charge is 0.317 e. The lowest BCUT2D eigenvalue weighted by atomic mass is 10.2. The number of aromatic amines is 1. The zero-order valence-electron chi connectivity index (χ0n) is 17.5. The molecule has 1 saturated heterocycles. The summed E-state index contributed by atoms with van der Waals surface area (Å²) in [5.41, 5.74) is 4.37. The molecule has 5 rings (SSSR count). The van der Waals surface area contributed by atoms with E-state index >= 15 is 0 Å². The second kappa shape index (κ2) is 7.55. The largest absolute Gasteiger partial charge is 0.480 e. The van der Waals surface area contributed by atoms with Gasteiger partial charge < -0.3 is 24.9 Å². The number of aromatic nitrogens is 5. The first-order valence-corrected chi connectivity index (χ1v) is 10.2. The maximum atomic E-state index is 10.9. The predicted octanol–water partition coefficient (Wildman–Crippen LogP) is 1.76. The number of hydrogen-bond acceptors (Lipinski definition) is 7. The minimum Gasteiger partial charge on any atom is -0.480 e. The van der Waals surface area contributed by atoms with E-state index in [9.17, 15) is 4.79 Å². The Hall–Kier alpha value is -3.66. The van der Waals surface area contributed by atoms with Gasteiger partial charge in [-0.25, -0.2) is 15.0 Å². The van der Waals surface area contributed by atoms with E-state index in [4.69, 9.17) is 15.1 Å². The van der Waals surface area contributed by atoms with Crippen LogP contribution in [-0.4, -0.2) is 80.3 Å². The average molecular weight is 420 g/mol. The van der Waals surface area contributed by atoms with E-state index < -0.39 is 5.97 Å². The third-order valence-corrected chi connectivity index (χ3v) is 5.74. The number of carboxylic acid groups (broad SMARTS) is 1. The standard InChI is InChI=1S/C21H24N8O2/c1-22-21-18-19(27(2)12-23-18)13-10-15(25-20(13)26-21)14-4-3-5-16(24-14)29-8-6-28(7-9-29)11-17(30)31/h3-5,10,12H,6-9,11H2,1-2H3,(H,30,31)(H2,22,25,26). The van der Waals surface area contributed by atoms with Gasteiger partial charge in [0.05, 0.1) is 29.8 Å². The zero-order chi connectivity index (χ0) is 21.5. The van der Waals surface area contributed by atoms with Gasteiger partial charge in [-0.2, -0.15) is 0 Å². The van der Waals surface area contributed by atoms with Gasteiger partial charge >= 0.3 is 5.97 Å². The molecule has 10 nitrogen and oxygen atoms in total. The number of aliphatic carboxylic acids is 1. The Kier molecular flexibility index (Phi) is 4.70. The van der Waals surface area contributed by atoms with Crippen molar-refractivity contribution in [3.05, 3.63) is 30.6 Å². The summed E-state index contributed by atoms with van der Waals surface area (Å²) in [5.74, 6) is 0.836. The number of hydrogen-bond donors (Lipinski definition) is 3. The number of anilines is 2. The van der Waals surface area contributed by atoms with Gasteiger partial charge in [0.25, 0.3) is 0 Å². The van der Waals surface area contributed by atoms with Crippen LogP contribution in [0.25, 0.3) is 33.5 Å². The Morgan fingerprint density at radius 2 is 2.03 bits per heavy atom. The Labute approximate surface area is 178 Å². The highest BCUT2D eigenvalue weighted by Gasteiger charge is 2.20. The van der Waals surface area contributed by atoms with Crippen LogP contribution in [0.2, 0.25) is 0 Å². The fourth-order valence-electron chi connectivity index (χ4n) is 4.19. The van der Waals surface area contributed by atoms with Gasteiger partial charge in [-0.3, -0.25) is 9.69 Å². The first kappa shape index (κ1) is 19.3. The van der Waals surface area contributed by atoms with Gasteiger partial charge in [-0.15, -0.1) is 0 Å². The number of nitrogens with zero attached hydrogens (tertiary/aromatic N) is 6. The number of aryl methyl sites for hydroxylation is 1. The quantitative estimate of drug-likeness (QED) is 0.447. The van der Waals surface area contributed by atoms with Crippen LogP contribution in [0.4, 0.5) is 11.6 Å². The van der Waals surface area contributed by atoms with Crippen LogP contribution in [0.5, 0.6) is 0 Å². The van der Waals surface area contributed by atoms with E-state index in [0.29, 0.717) is 13.1 Å².